The molecule has 4 heterocycles. The third-order valence-electron chi connectivity index (χ3n) is 11.1. The smallest absolute Gasteiger partial charge is 0.343 e. The van der Waals surface area contributed by atoms with Gasteiger partial charge in [-0.15, -0.1) is 20.4 Å². The molecular weight excluding hydrogens is 853 g/mol. The van der Waals surface area contributed by atoms with Crippen LogP contribution >= 0.6 is 0 Å². The average Bonchev–Trinajstić information content (AvgIpc) is 4.21. The molecule has 0 amide bonds. The molecule has 67 heavy (non-hydrogen) atoms. The van der Waals surface area contributed by atoms with Gasteiger partial charge in [0.05, 0.1) is 59.5 Å². The minimum Gasteiger partial charge on any atom is -0.465 e. The van der Waals surface area contributed by atoms with Crippen molar-refractivity contribution in [2.24, 2.45) is 0 Å². The largest absolute Gasteiger partial charge is 0.465 e. The maximum absolute atomic E-state index is 13.9. The third-order valence-corrected chi connectivity index (χ3v) is 11.1. The summed E-state index contributed by atoms with van der Waals surface area (Å²) in [6.45, 7) is 4.46. The van der Waals surface area contributed by atoms with Crippen LogP contribution in [-0.2, 0) is 22.6 Å². The number of tetrazole rings is 2. The van der Waals surface area contributed by atoms with Gasteiger partial charge in [-0.2, -0.15) is 20.4 Å². The fourth-order valence-corrected chi connectivity index (χ4v) is 8.08. The van der Waals surface area contributed by atoms with E-state index < -0.39 is 18.7 Å². The van der Waals surface area contributed by atoms with E-state index in [1.165, 1.54) is 0 Å². The van der Waals surface area contributed by atoms with Gasteiger partial charge in [-0.05, 0) is 81.9 Å². The number of carbonyl (C=O) groups is 2. The number of hydrogen-bond donors (Lipinski definition) is 2. The SMILES string of the molecule is CCOc1nc2cccc(C(=O)OCOC(=O)c3cccc4nc(OCC)n(Cc5ccc(-c6ccccc6-c6nn[nH]n6)cc5)c34)c2n1Cc1ccc(-c2ccccc2-c2nn[nH]n2)cc1. The quantitative estimate of drug-likeness (QED) is 0.0696. The minimum absolute atomic E-state index is 0.225. The number of benzene rings is 6. The molecule has 18 heteroatoms. The first-order chi connectivity index (χ1) is 33.0. The van der Waals surface area contributed by atoms with Crippen molar-refractivity contribution in [3.63, 3.8) is 0 Å². The Balaban J connectivity index is 0.868. The molecule has 10 rings (SSSR count). The Morgan fingerprint density at radius 3 is 1.31 bits per heavy atom. The summed E-state index contributed by atoms with van der Waals surface area (Å²) in [4.78, 5) is 37.1. The van der Waals surface area contributed by atoms with E-state index in [9.17, 15) is 9.59 Å². The summed E-state index contributed by atoms with van der Waals surface area (Å²) in [5, 5.41) is 29.1. The summed E-state index contributed by atoms with van der Waals surface area (Å²) >= 11 is 0. The number of imidazole rings is 2. The van der Waals surface area contributed by atoms with Crippen LogP contribution in [-0.4, -0.2) is 92.3 Å². The van der Waals surface area contributed by atoms with Crippen LogP contribution in [0.15, 0.2) is 133 Å². The zero-order valence-corrected chi connectivity index (χ0v) is 36.2. The minimum atomic E-state index is -0.707. The van der Waals surface area contributed by atoms with Crippen molar-refractivity contribution in [3.8, 4) is 57.1 Å². The number of esters is 2. The summed E-state index contributed by atoms with van der Waals surface area (Å²) in [7, 11) is 0. The van der Waals surface area contributed by atoms with Crippen LogP contribution < -0.4 is 9.47 Å². The Labute approximate surface area is 381 Å². The molecule has 0 saturated heterocycles. The monoisotopic (exact) mass is 892 g/mol. The molecule has 0 aliphatic rings. The highest BCUT2D eigenvalue weighted by Crippen LogP contribution is 2.33. The average molecular weight is 893 g/mol. The van der Waals surface area contributed by atoms with Crippen molar-refractivity contribution in [2.45, 2.75) is 26.9 Å². The fraction of sp³-hybridized carbons (Fsp3) is 0.143. The van der Waals surface area contributed by atoms with Crippen molar-refractivity contribution in [3.05, 3.63) is 156 Å². The van der Waals surface area contributed by atoms with Gasteiger partial charge in [0.1, 0.15) is 0 Å². The lowest BCUT2D eigenvalue weighted by Gasteiger charge is -2.13. The van der Waals surface area contributed by atoms with Crippen LogP contribution in [0.5, 0.6) is 12.0 Å². The van der Waals surface area contributed by atoms with E-state index in [1.54, 1.807) is 36.4 Å². The Morgan fingerprint density at radius 2 is 0.925 bits per heavy atom. The second-order valence-electron chi connectivity index (χ2n) is 15.1. The number of nitrogens with one attached hydrogen (secondary N) is 2. The number of H-pyrrole nitrogens is 2. The normalized spacial score (nSPS) is 11.3. The van der Waals surface area contributed by atoms with Gasteiger partial charge >= 0.3 is 11.9 Å². The standard InChI is InChI=1S/C49H40N12O6/c1-3-64-48-50-40-17-9-15-38(42(40)60(48)27-30-19-23-32(24-20-30)34-11-5-7-13-36(34)44-52-56-57-53-44)46(62)66-29-67-47(63)39-16-10-18-41-43(39)61(49(51-41)65-4-2)28-31-21-25-33(26-22-31)35-12-6-8-14-37(35)45-54-58-59-55-45/h5-26H,3-4,27-29H2,1-2H3,(H,52,53,56,57)(H,54,55,58,59). The van der Waals surface area contributed by atoms with Crippen molar-refractivity contribution in [1.82, 2.24) is 60.4 Å². The molecule has 4 aromatic heterocycles. The molecule has 10 aromatic rings. The Kier molecular flexibility index (Phi) is 11.6. The lowest BCUT2D eigenvalue weighted by atomic mass is 9.98. The number of rotatable bonds is 16. The van der Waals surface area contributed by atoms with E-state index in [-0.39, 0.29) is 11.1 Å². The van der Waals surface area contributed by atoms with Gasteiger partial charge in [0.25, 0.3) is 12.0 Å². The van der Waals surface area contributed by atoms with E-state index in [0.29, 0.717) is 72.0 Å². The molecule has 0 atom stereocenters. The number of aromatic amines is 2. The highest BCUT2D eigenvalue weighted by atomic mass is 16.7. The molecule has 332 valence electrons. The van der Waals surface area contributed by atoms with Crippen LogP contribution in [0.1, 0.15) is 45.7 Å². The zero-order chi connectivity index (χ0) is 45.7. The molecule has 0 aliphatic carbocycles. The van der Waals surface area contributed by atoms with Gasteiger partial charge < -0.3 is 18.9 Å². The molecule has 2 N–H and O–H groups in total. The van der Waals surface area contributed by atoms with E-state index in [2.05, 4.69) is 41.2 Å². The van der Waals surface area contributed by atoms with E-state index in [1.807, 2.05) is 120 Å². The molecule has 0 aliphatic heterocycles. The summed E-state index contributed by atoms with van der Waals surface area (Å²) in [5.74, 6) is -0.420. The summed E-state index contributed by atoms with van der Waals surface area (Å²) in [6, 6.07) is 42.8. The molecular formula is C49H40N12O6. The Hall–Kier alpha value is -9.06. The topological polar surface area (TPSA) is 216 Å². The number of fused-ring (bicyclic) bond motifs is 2. The zero-order valence-electron chi connectivity index (χ0n) is 36.2. The molecule has 0 spiro atoms. The van der Waals surface area contributed by atoms with Crippen LogP contribution in [0.3, 0.4) is 0 Å². The predicted molar refractivity (Wildman–Crippen MR) is 246 cm³/mol. The lowest BCUT2D eigenvalue weighted by Crippen LogP contribution is -2.15. The Morgan fingerprint density at radius 1 is 0.507 bits per heavy atom. The van der Waals surface area contributed by atoms with Crippen LogP contribution in [0.4, 0.5) is 0 Å². The first-order valence-electron chi connectivity index (χ1n) is 21.4. The van der Waals surface area contributed by atoms with Gasteiger partial charge in [-0.3, -0.25) is 9.13 Å². The maximum Gasteiger partial charge on any atom is 0.343 e. The van der Waals surface area contributed by atoms with Gasteiger partial charge in [0, 0.05) is 11.1 Å². The Bertz CT molecular complexity index is 3120. The van der Waals surface area contributed by atoms with Crippen molar-refractivity contribution < 1.29 is 28.5 Å². The summed E-state index contributed by atoms with van der Waals surface area (Å²) in [6.07, 6.45) is 0. The first-order valence-corrected chi connectivity index (χ1v) is 21.4. The molecule has 6 aromatic carbocycles. The summed E-state index contributed by atoms with van der Waals surface area (Å²) < 4.78 is 26.9. The van der Waals surface area contributed by atoms with Gasteiger partial charge in [-0.25, -0.2) is 9.59 Å². The van der Waals surface area contributed by atoms with Crippen LogP contribution in [0.2, 0.25) is 0 Å². The van der Waals surface area contributed by atoms with Gasteiger partial charge in [0.15, 0.2) is 0 Å². The molecule has 0 unspecified atom stereocenters. The highest BCUT2D eigenvalue weighted by molar-refractivity contribution is 6.04. The van der Waals surface area contributed by atoms with E-state index >= 15 is 0 Å². The number of carbonyl (C=O) groups excluding carboxylic acids is 2. The van der Waals surface area contributed by atoms with Gasteiger partial charge in [0.2, 0.25) is 18.4 Å². The third kappa shape index (κ3) is 8.41. The first kappa shape index (κ1) is 41.9. The number of aromatic nitrogens is 12. The van der Waals surface area contributed by atoms with E-state index in [4.69, 9.17) is 28.9 Å². The van der Waals surface area contributed by atoms with Crippen molar-refractivity contribution >= 4 is 34.0 Å². The number of nitrogens with zero attached hydrogens (tertiary/aromatic N) is 10. The fourth-order valence-electron chi connectivity index (χ4n) is 8.08. The number of para-hydroxylation sites is 2. The maximum atomic E-state index is 13.9. The predicted octanol–water partition coefficient (Wildman–Crippen LogP) is 7.95. The summed E-state index contributed by atoms with van der Waals surface area (Å²) in [5.41, 5.74) is 9.91. The second-order valence-corrected chi connectivity index (χ2v) is 15.1. The van der Waals surface area contributed by atoms with Crippen molar-refractivity contribution in [1.29, 1.82) is 0 Å². The molecule has 0 saturated carbocycles. The number of hydrogen-bond acceptors (Lipinski definition) is 14. The second kappa shape index (κ2) is 18.6. The molecule has 0 fully saturated rings. The number of ether oxygens (including phenoxy) is 4. The van der Waals surface area contributed by atoms with E-state index in [0.717, 1.165) is 44.5 Å². The lowest BCUT2D eigenvalue weighted by molar-refractivity contribution is -0.0165. The molecule has 18 nitrogen and oxygen atoms in total. The molecule has 0 bridgehead atoms. The highest BCUT2D eigenvalue weighted by Gasteiger charge is 2.24. The molecule has 0 radical (unpaired) electrons. The van der Waals surface area contributed by atoms with Crippen LogP contribution in [0.25, 0.3) is 67.1 Å². The van der Waals surface area contributed by atoms with Gasteiger partial charge in [-0.1, -0.05) is 109 Å². The van der Waals surface area contributed by atoms with Crippen molar-refractivity contribution in [2.75, 3.05) is 20.0 Å². The van der Waals surface area contributed by atoms with Crippen LogP contribution in [0, 0.1) is 0 Å².